The van der Waals surface area contributed by atoms with Gasteiger partial charge in [0.15, 0.2) is 0 Å². The fraction of sp³-hybridized carbons (Fsp3) is 0.733. The Bertz CT molecular complexity index is 445. The monoisotopic (exact) mass is 293 g/mol. The molecule has 1 aliphatic rings. The van der Waals surface area contributed by atoms with Crippen LogP contribution in [0.3, 0.4) is 0 Å². The fourth-order valence-electron chi connectivity index (χ4n) is 3.22. The number of rotatable bonds is 5. The number of aromatic amines is 1. The van der Waals surface area contributed by atoms with Crippen LogP contribution in [-0.4, -0.2) is 47.3 Å². The highest BCUT2D eigenvalue weighted by atomic mass is 16.2. The zero-order chi connectivity index (χ0) is 15.3. The third-order valence-corrected chi connectivity index (χ3v) is 4.59. The second-order valence-corrected chi connectivity index (χ2v) is 6.44. The molecule has 2 amide bonds. The Kier molecular flexibility index (Phi) is 5.22. The fourth-order valence-corrected chi connectivity index (χ4v) is 3.22. The maximum absolute atomic E-state index is 12.0. The van der Waals surface area contributed by atoms with Crippen molar-refractivity contribution in [1.29, 1.82) is 0 Å². The molecule has 2 atom stereocenters. The second kappa shape index (κ2) is 6.93. The minimum atomic E-state index is -0.121. The molecule has 1 saturated carbocycles. The van der Waals surface area contributed by atoms with Crippen LogP contribution in [0.1, 0.15) is 38.3 Å². The van der Waals surface area contributed by atoms with E-state index < -0.39 is 0 Å². The number of amides is 2. The first-order valence-corrected chi connectivity index (χ1v) is 7.69. The summed E-state index contributed by atoms with van der Waals surface area (Å²) in [5.41, 5.74) is 0.988. The molecule has 0 radical (unpaired) electrons. The van der Waals surface area contributed by atoms with Crippen LogP contribution in [0, 0.1) is 5.92 Å². The van der Waals surface area contributed by atoms with Crippen LogP contribution in [0.2, 0.25) is 0 Å². The zero-order valence-corrected chi connectivity index (χ0v) is 13.3. The number of nitrogens with one attached hydrogen (secondary N) is 3. The predicted octanol–water partition coefficient (Wildman–Crippen LogP) is 1.72. The van der Waals surface area contributed by atoms with Gasteiger partial charge in [-0.25, -0.2) is 4.79 Å². The lowest BCUT2D eigenvalue weighted by Crippen LogP contribution is -2.56. The molecule has 0 spiro atoms. The van der Waals surface area contributed by atoms with Crippen molar-refractivity contribution < 1.29 is 4.79 Å². The van der Waals surface area contributed by atoms with Gasteiger partial charge in [0.25, 0.3) is 0 Å². The number of carbonyl (C=O) groups is 1. The van der Waals surface area contributed by atoms with Gasteiger partial charge in [-0.05, 0) is 38.9 Å². The van der Waals surface area contributed by atoms with E-state index in [-0.39, 0.29) is 11.6 Å². The molecule has 2 rings (SSSR count). The largest absolute Gasteiger partial charge is 0.336 e. The van der Waals surface area contributed by atoms with Crippen molar-refractivity contribution in [3.8, 4) is 0 Å². The number of hydrogen-bond donors (Lipinski definition) is 3. The van der Waals surface area contributed by atoms with E-state index in [2.05, 4.69) is 46.7 Å². The van der Waals surface area contributed by atoms with E-state index in [1.54, 1.807) is 6.20 Å². The molecule has 0 bridgehead atoms. The first kappa shape index (κ1) is 15.8. The lowest BCUT2D eigenvalue weighted by molar-refractivity contribution is 0.0773. The molecule has 0 aliphatic heterocycles. The SMILES string of the molecule is CC1CCCC(CNC(=O)NCc2ccn[nH]2)(N(C)C)C1. The van der Waals surface area contributed by atoms with Crippen LogP contribution in [0.4, 0.5) is 4.79 Å². The molecule has 0 saturated heterocycles. The highest BCUT2D eigenvalue weighted by molar-refractivity contribution is 5.73. The third kappa shape index (κ3) is 4.20. The van der Waals surface area contributed by atoms with Crippen molar-refractivity contribution in [1.82, 2.24) is 25.7 Å². The molecular formula is C15H27N5O. The smallest absolute Gasteiger partial charge is 0.315 e. The Labute approximate surface area is 126 Å². The van der Waals surface area contributed by atoms with Gasteiger partial charge in [-0.3, -0.25) is 5.10 Å². The number of urea groups is 1. The molecule has 0 aromatic carbocycles. The van der Waals surface area contributed by atoms with Crippen LogP contribution in [0.25, 0.3) is 0 Å². The van der Waals surface area contributed by atoms with Crippen molar-refractivity contribution in [3.63, 3.8) is 0 Å². The molecule has 1 fully saturated rings. The number of hydrogen-bond acceptors (Lipinski definition) is 3. The molecule has 1 aliphatic carbocycles. The molecule has 2 unspecified atom stereocenters. The summed E-state index contributed by atoms with van der Waals surface area (Å²) in [4.78, 5) is 14.2. The molecule has 3 N–H and O–H groups in total. The van der Waals surface area contributed by atoms with Crippen molar-refractivity contribution >= 4 is 6.03 Å². The average Bonchev–Trinajstić information content (AvgIpc) is 2.96. The van der Waals surface area contributed by atoms with Crippen molar-refractivity contribution in [3.05, 3.63) is 18.0 Å². The lowest BCUT2D eigenvalue weighted by atomic mass is 9.75. The summed E-state index contributed by atoms with van der Waals surface area (Å²) in [5, 5.41) is 12.6. The minimum Gasteiger partial charge on any atom is -0.336 e. The van der Waals surface area contributed by atoms with Crippen LogP contribution in [0.15, 0.2) is 12.3 Å². The molecule has 1 heterocycles. The first-order valence-electron chi connectivity index (χ1n) is 7.69. The summed E-state index contributed by atoms with van der Waals surface area (Å²) in [6.07, 6.45) is 6.49. The van der Waals surface area contributed by atoms with Gasteiger partial charge in [0.05, 0.1) is 12.2 Å². The number of nitrogens with zero attached hydrogens (tertiary/aromatic N) is 2. The van der Waals surface area contributed by atoms with E-state index in [4.69, 9.17) is 0 Å². The van der Waals surface area contributed by atoms with Crippen molar-refractivity contribution in [2.24, 2.45) is 5.92 Å². The average molecular weight is 293 g/mol. The topological polar surface area (TPSA) is 73.0 Å². The van der Waals surface area contributed by atoms with Gasteiger partial charge in [0.1, 0.15) is 0 Å². The van der Waals surface area contributed by atoms with Crippen molar-refractivity contribution in [2.45, 2.75) is 44.7 Å². The van der Waals surface area contributed by atoms with E-state index >= 15 is 0 Å². The normalized spacial score (nSPS) is 25.8. The summed E-state index contributed by atoms with van der Waals surface area (Å²) in [6.45, 7) is 3.46. The van der Waals surface area contributed by atoms with Gasteiger partial charge < -0.3 is 15.5 Å². The maximum Gasteiger partial charge on any atom is 0.315 e. The number of likely N-dealkylation sites (N-methyl/N-ethyl adjacent to an activating group) is 1. The summed E-state index contributed by atoms with van der Waals surface area (Å²) in [6, 6.07) is 1.73. The Balaban J connectivity index is 1.82. The molecule has 118 valence electrons. The lowest BCUT2D eigenvalue weighted by Gasteiger charge is -2.45. The molecule has 6 nitrogen and oxygen atoms in total. The summed E-state index contributed by atoms with van der Waals surface area (Å²) in [7, 11) is 4.23. The van der Waals surface area contributed by atoms with Gasteiger partial charge in [-0.2, -0.15) is 5.10 Å². The first-order chi connectivity index (χ1) is 10.0. The summed E-state index contributed by atoms with van der Waals surface area (Å²) < 4.78 is 0. The second-order valence-electron chi connectivity index (χ2n) is 6.44. The number of carbonyl (C=O) groups excluding carboxylic acids is 1. The van der Waals surface area contributed by atoms with Crippen molar-refractivity contribution in [2.75, 3.05) is 20.6 Å². The Morgan fingerprint density at radius 2 is 2.33 bits per heavy atom. The van der Waals surface area contributed by atoms with Gasteiger partial charge >= 0.3 is 6.03 Å². The zero-order valence-electron chi connectivity index (χ0n) is 13.3. The van der Waals surface area contributed by atoms with E-state index in [0.29, 0.717) is 13.1 Å². The molecule has 6 heteroatoms. The van der Waals surface area contributed by atoms with Crippen LogP contribution in [-0.2, 0) is 6.54 Å². The van der Waals surface area contributed by atoms with Gasteiger partial charge in [-0.1, -0.05) is 19.8 Å². The third-order valence-electron chi connectivity index (χ3n) is 4.59. The Morgan fingerprint density at radius 3 is 2.95 bits per heavy atom. The Hall–Kier alpha value is -1.56. The highest BCUT2D eigenvalue weighted by Crippen LogP contribution is 2.35. The summed E-state index contributed by atoms with van der Waals surface area (Å²) in [5.74, 6) is 0.719. The quantitative estimate of drug-likeness (QED) is 0.774. The van der Waals surface area contributed by atoms with Gasteiger partial charge in [0, 0.05) is 18.3 Å². The van der Waals surface area contributed by atoms with Crippen LogP contribution >= 0.6 is 0 Å². The molecule has 1 aromatic heterocycles. The predicted molar refractivity (Wildman–Crippen MR) is 82.9 cm³/mol. The van der Waals surface area contributed by atoms with E-state index in [9.17, 15) is 4.79 Å². The maximum atomic E-state index is 12.0. The van der Waals surface area contributed by atoms with Gasteiger partial charge in [-0.15, -0.1) is 0 Å². The minimum absolute atomic E-state index is 0.0863. The highest BCUT2D eigenvalue weighted by Gasteiger charge is 2.37. The van der Waals surface area contributed by atoms with E-state index in [1.165, 1.54) is 12.8 Å². The molecule has 21 heavy (non-hydrogen) atoms. The standard InChI is InChI=1S/C15H27N5O/c1-12-5-4-7-15(9-12,20(2)3)11-17-14(21)16-10-13-6-8-18-19-13/h6,8,12H,4-5,7,9-11H2,1-3H3,(H,18,19)(H2,16,17,21). The van der Waals surface area contributed by atoms with E-state index in [0.717, 1.165) is 24.5 Å². The Morgan fingerprint density at radius 1 is 1.52 bits per heavy atom. The number of H-pyrrole nitrogens is 1. The summed E-state index contributed by atoms with van der Waals surface area (Å²) >= 11 is 0. The molecule has 1 aromatic rings. The molecular weight excluding hydrogens is 266 g/mol. The van der Waals surface area contributed by atoms with E-state index in [1.807, 2.05) is 6.07 Å². The van der Waals surface area contributed by atoms with Gasteiger partial charge in [0.2, 0.25) is 0 Å². The van der Waals surface area contributed by atoms with Crippen LogP contribution in [0.5, 0.6) is 0 Å². The van der Waals surface area contributed by atoms with Crippen LogP contribution < -0.4 is 10.6 Å². The number of aromatic nitrogens is 2.